The zero-order valence-electron chi connectivity index (χ0n) is 10.8. The molecule has 8 nitrogen and oxygen atoms in total. The second kappa shape index (κ2) is 6.14. The van der Waals surface area contributed by atoms with Crippen LogP contribution in [-0.4, -0.2) is 54.3 Å². The van der Waals surface area contributed by atoms with Crippen LogP contribution in [0.4, 0.5) is 5.95 Å². The van der Waals surface area contributed by atoms with Crippen LogP contribution < -0.4 is 9.62 Å². The molecule has 1 aromatic heterocycles. The second-order valence-electron chi connectivity index (χ2n) is 4.60. The average Bonchev–Trinajstić information content (AvgIpc) is 2.38. The summed E-state index contributed by atoms with van der Waals surface area (Å²) in [6, 6.07) is 1.39. The minimum absolute atomic E-state index is 0.322. The number of sulfonamides is 1. The summed E-state index contributed by atoms with van der Waals surface area (Å²) in [5.74, 6) is -1.73. The van der Waals surface area contributed by atoms with Crippen LogP contribution in [0.15, 0.2) is 18.5 Å². The van der Waals surface area contributed by atoms with E-state index < -0.39 is 21.7 Å². The highest BCUT2D eigenvalue weighted by Gasteiger charge is 2.26. The van der Waals surface area contributed by atoms with Crippen LogP contribution in [0.3, 0.4) is 0 Å². The third-order valence-corrected chi connectivity index (χ3v) is 4.24. The van der Waals surface area contributed by atoms with Gasteiger partial charge in [-0.05, 0) is 18.9 Å². The van der Waals surface area contributed by atoms with E-state index in [4.69, 9.17) is 5.11 Å². The van der Waals surface area contributed by atoms with Gasteiger partial charge in [-0.3, -0.25) is 4.79 Å². The van der Waals surface area contributed by atoms with Crippen molar-refractivity contribution in [2.75, 3.05) is 23.7 Å². The third kappa shape index (κ3) is 4.14. The molecule has 0 amide bonds. The number of carboxylic acid groups (broad SMARTS) is 1. The standard InChI is InChI=1S/C11H16N4O4S/c16-10(17)8-20(18,19)14-9-3-1-6-15(7-9)11-12-4-2-5-13-11/h2,4-5,9,14H,1,3,6-8H2,(H,16,17). The van der Waals surface area contributed by atoms with Crippen LogP contribution >= 0.6 is 0 Å². The van der Waals surface area contributed by atoms with Gasteiger partial charge in [-0.15, -0.1) is 0 Å². The summed E-state index contributed by atoms with van der Waals surface area (Å²) in [4.78, 5) is 20.6. The Bertz CT molecular complexity index is 563. The summed E-state index contributed by atoms with van der Waals surface area (Å²) < 4.78 is 25.6. The van der Waals surface area contributed by atoms with Crippen LogP contribution in [0.2, 0.25) is 0 Å². The van der Waals surface area contributed by atoms with Crippen molar-refractivity contribution in [3.63, 3.8) is 0 Å². The van der Waals surface area contributed by atoms with Gasteiger partial charge in [-0.25, -0.2) is 23.1 Å². The number of hydrogen-bond acceptors (Lipinski definition) is 6. The topological polar surface area (TPSA) is 112 Å². The molecule has 0 radical (unpaired) electrons. The maximum absolute atomic E-state index is 11.6. The first-order valence-corrected chi connectivity index (χ1v) is 7.85. The quantitative estimate of drug-likeness (QED) is 0.750. The van der Waals surface area contributed by atoms with E-state index in [1.54, 1.807) is 18.5 Å². The number of anilines is 1. The highest BCUT2D eigenvalue weighted by molar-refractivity contribution is 7.90. The van der Waals surface area contributed by atoms with E-state index >= 15 is 0 Å². The Labute approximate surface area is 116 Å². The van der Waals surface area contributed by atoms with E-state index in [-0.39, 0.29) is 6.04 Å². The monoisotopic (exact) mass is 300 g/mol. The van der Waals surface area contributed by atoms with Gasteiger partial charge in [0.25, 0.3) is 0 Å². The van der Waals surface area contributed by atoms with Crippen LogP contribution in [0, 0.1) is 0 Å². The van der Waals surface area contributed by atoms with Crippen molar-refractivity contribution < 1.29 is 18.3 Å². The van der Waals surface area contributed by atoms with Crippen molar-refractivity contribution in [2.24, 2.45) is 0 Å². The van der Waals surface area contributed by atoms with Gasteiger partial charge < -0.3 is 10.0 Å². The summed E-state index contributed by atoms with van der Waals surface area (Å²) in [5, 5.41) is 8.56. The minimum atomic E-state index is -3.80. The molecule has 0 saturated carbocycles. The van der Waals surface area contributed by atoms with Gasteiger partial charge in [0, 0.05) is 31.5 Å². The normalized spacial score (nSPS) is 19.8. The van der Waals surface area contributed by atoms with Crippen LogP contribution in [0.25, 0.3) is 0 Å². The van der Waals surface area contributed by atoms with E-state index in [2.05, 4.69) is 14.7 Å². The molecule has 0 aliphatic carbocycles. The first kappa shape index (κ1) is 14.7. The first-order chi connectivity index (χ1) is 9.46. The van der Waals surface area contributed by atoms with Crippen molar-refractivity contribution in [2.45, 2.75) is 18.9 Å². The number of rotatable bonds is 5. The number of carbonyl (C=O) groups is 1. The summed E-state index contributed by atoms with van der Waals surface area (Å²) in [7, 11) is -3.80. The fourth-order valence-corrected chi connectivity index (χ4v) is 3.28. The highest BCUT2D eigenvalue weighted by Crippen LogP contribution is 2.15. The Hall–Kier alpha value is -1.74. The molecule has 0 aromatic carbocycles. The van der Waals surface area contributed by atoms with Gasteiger partial charge in [-0.2, -0.15) is 0 Å². The number of nitrogens with one attached hydrogen (secondary N) is 1. The predicted octanol–water partition coefficient (Wildman–Crippen LogP) is -0.551. The number of aliphatic carboxylic acids is 1. The molecule has 2 N–H and O–H groups in total. The van der Waals surface area contributed by atoms with Crippen molar-refractivity contribution in [3.05, 3.63) is 18.5 Å². The number of aromatic nitrogens is 2. The van der Waals surface area contributed by atoms with Gasteiger partial charge >= 0.3 is 5.97 Å². The molecule has 1 aliphatic heterocycles. The van der Waals surface area contributed by atoms with Crippen molar-refractivity contribution in [1.82, 2.24) is 14.7 Å². The number of piperidine rings is 1. The molecule has 1 saturated heterocycles. The number of carboxylic acids is 1. The Morgan fingerprint density at radius 1 is 1.45 bits per heavy atom. The van der Waals surface area contributed by atoms with E-state index in [0.29, 0.717) is 18.9 Å². The highest BCUT2D eigenvalue weighted by atomic mass is 32.2. The molecule has 0 bridgehead atoms. The van der Waals surface area contributed by atoms with E-state index in [1.165, 1.54) is 0 Å². The van der Waals surface area contributed by atoms with Gasteiger partial charge in [0.05, 0.1) is 0 Å². The summed E-state index contributed by atoms with van der Waals surface area (Å²) in [6.45, 7) is 1.18. The Balaban J connectivity index is 1.99. The minimum Gasteiger partial charge on any atom is -0.480 e. The molecule has 1 atom stereocenters. The summed E-state index contributed by atoms with van der Waals surface area (Å²) in [6.07, 6.45) is 4.71. The fraction of sp³-hybridized carbons (Fsp3) is 0.545. The Kier molecular flexibility index (Phi) is 4.50. The lowest BCUT2D eigenvalue weighted by atomic mass is 10.1. The molecular weight excluding hydrogens is 284 g/mol. The van der Waals surface area contributed by atoms with Gasteiger partial charge in [0.15, 0.2) is 5.75 Å². The molecule has 110 valence electrons. The first-order valence-electron chi connectivity index (χ1n) is 6.20. The lowest BCUT2D eigenvalue weighted by Gasteiger charge is -2.32. The third-order valence-electron chi connectivity index (χ3n) is 2.92. The maximum atomic E-state index is 11.6. The van der Waals surface area contributed by atoms with Crippen LogP contribution in [0.1, 0.15) is 12.8 Å². The van der Waals surface area contributed by atoms with Gasteiger partial charge in [0.2, 0.25) is 16.0 Å². The summed E-state index contributed by atoms with van der Waals surface area (Å²) in [5.41, 5.74) is 0. The van der Waals surface area contributed by atoms with Crippen LogP contribution in [-0.2, 0) is 14.8 Å². The maximum Gasteiger partial charge on any atom is 0.320 e. The molecule has 20 heavy (non-hydrogen) atoms. The van der Waals surface area contributed by atoms with E-state index in [1.807, 2.05) is 4.90 Å². The zero-order valence-corrected chi connectivity index (χ0v) is 11.6. The van der Waals surface area contributed by atoms with E-state index in [9.17, 15) is 13.2 Å². The molecular formula is C11H16N4O4S. The van der Waals surface area contributed by atoms with Gasteiger partial charge in [0.1, 0.15) is 0 Å². The second-order valence-corrected chi connectivity index (χ2v) is 6.36. The molecule has 1 aromatic rings. The molecule has 2 heterocycles. The van der Waals surface area contributed by atoms with Crippen molar-refractivity contribution in [3.8, 4) is 0 Å². The number of hydrogen-bond donors (Lipinski definition) is 2. The number of nitrogens with zero attached hydrogens (tertiary/aromatic N) is 3. The largest absolute Gasteiger partial charge is 0.480 e. The molecule has 2 rings (SSSR count). The van der Waals surface area contributed by atoms with Gasteiger partial charge in [-0.1, -0.05) is 0 Å². The Morgan fingerprint density at radius 2 is 2.15 bits per heavy atom. The molecule has 9 heteroatoms. The van der Waals surface area contributed by atoms with E-state index in [0.717, 1.165) is 13.0 Å². The van der Waals surface area contributed by atoms with Crippen molar-refractivity contribution in [1.29, 1.82) is 0 Å². The SMILES string of the molecule is O=C(O)CS(=O)(=O)NC1CCCN(c2ncccn2)C1. The lowest BCUT2D eigenvalue weighted by Crippen LogP contribution is -2.49. The smallest absolute Gasteiger partial charge is 0.320 e. The average molecular weight is 300 g/mol. The molecule has 0 spiro atoms. The summed E-state index contributed by atoms with van der Waals surface area (Å²) >= 11 is 0. The van der Waals surface area contributed by atoms with Crippen molar-refractivity contribution >= 4 is 21.9 Å². The zero-order chi connectivity index (χ0) is 14.6. The Morgan fingerprint density at radius 3 is 2.80 bits per heavy atom. The lowest BCUT2D eigenvalue weighted by molar-refractivity contribution is -0.134. The predicted molar refractivity (Wildman–Crippen MR) is 71.8 cm³/mol. The fourth-order valence-electron chi connectivity index (χ4n) is 2.17. The van der Waals surface area contributed by atoms with Crippen LogP contribution in [0.5, 0.6) is 0 Å². The molecule has 1 fully saturated rings. The molecule has 1 unspecified atom stereocenters. The molecule has 1 aliphatic rings.